The van der Waals surface area contributed by atoms with Crippen LogP contribution in [0.25, 0.3) is 0 Å². The lowest BCUT2D eigenvalue weighted by molar-refractivity contribution is 0.269. The van der Waals surface area contributed by atoms with Crippen molar-refractivity contribution in [2.75, 3.05) is 18.8 Å². The van der Waals surface area contributed by atoms with Crippen LogP contribution in [-0.4, -0.2) is 27.6 Å². The zero-order chi connectivity index (χ0) is 11.4. The normalized spacial score (nSPS) is 23.2. The Balaban J connectivity index is 1.89. The van der Waals surface area contributed by atoms with Crippen LogP contribution in [0.3, 0.4) is 0 Å². The molecule has 1 unspecified atom stereocenters. The fourth-order valence-corrected chi connectivity index (χ4v) is 2.77. The highest BCUT2D eigenvalue weighted by atomic mass is 32.1. The Labute approximate surface area is 101 Å². The van der Waals surface area contributed by atoms with E-state index in [1.807, 2.05) is 0 Å². The zero-order valence-electron chi connectivity index (χ0n) is 9.85. The van der Waals surface area contributed by atoms with Gasteiger partial charge in [0.1, 0.15) is 10.7 Å². The van der Waals surface area contributed by atoms with Gasteiger partial charge in [0, 0.05) is 18.1 Å². The molecule has 5 heteroatoms. The number of aromatic nitrogens is 2. The molecule has 2 N–H and O–H groups in total. The average Bonchev–Trinajstić information content (AvgIpc) is 2.56. The highest BCUT2D eigenvalue weighted by Crippen LogP contribution is 2.22. The smallest absolute Gasteiger partial charge is 0.132 e. The average molecular weight is 240 g/mol. The molecular weight excluding hydrogens is 220 g/mol. The molecule has 1 aliphatic heterocycles. The van der Waals surface area contributed by atoms with Crippen LogP contribution < -0.4 is 5.73 Å². The first-order chi connectivity index (χ1) is 7.79. The summed E-state index contributed by atoms with van der Waals surface area (Å²) in [6.45, 7) is 5.52. The molecular formula is C11H20N4S. The third-order valence-corrected chi connectivity index (χ3v) is 4.07. The Morgan fingerprint density at radius 3 is 3.00 bits per heavy atom. The third-order valence-electron chi connectivity index (χ3n) is 3.48. The lowest BCUT2D eigenvalue weighted by Gasteiger charge is -2.18. The summed E-state index contributed by atoms with van der Waals surface area (Å²) in [6.07, 6.45) is 5.30. The first-order valence-electron chi connectivity index (χ1n) is 6.08. The molecule has 16 heavy (non-hydrogen) atoms. The minimum Gasteiger partial charge on any atom is -0.388 e. The van der Waals surface area contributed by atoms with Crippen LogP contribution in [0.2, 0.25) is 0 Å². The van der Waals surface area contributed by atoms with Crippen LogP contribution >= 0.6 is 11.5 Å². The molecule has 1 aromatic heterocycles. The van der Waals surface area contributed by atoms with E-state index in [4.69, 9.17) is 5.73 Å². The second kappa shape index (κ2) is 5.59. The van der Waals surface area contributed by atoms with Crippen molar-refractivity contribution in [2.45, 2.75) is 39.2 Å². The summed E-state index contributed by atoms with van der Waals surface area (Å²) in [7, 11) is 0. The van der Waals surface area contributed by atoms with Crippen molar-refractivity contribution >= 4 is 16.5 Å². The summed E-state index contributed by atoms with van der Waals surface area (Å²) in [5.74, 6) is 0.913. The summed E-state index contributed by atoms with van der Waals surface area (Å²) in [5, 5.41) is 4.86. The number of rotatable bonds is 3. The van der Waals surface area contributed by atoms with Crippen LogP contribution in [-0.2, 0) is 6.54 Å². The molecule has 0 saturated carbocycles. The van der Waals surface area contributed by atoms with Gasteiger partial charge in [-0.1, -0.05) is 17.8 Å². The van der Waals surface area contributed by atoms with E-state index >= 15 is 0 Å². The van der Waals surface area contributed by atoms with Crippen LogP contribution in [0.4, 0.5) is 5.00 Å². The van der Waals surface area contributed by atoms with Gasteiger partial charge < -0.3 is 5.73 Å². The topological polar surface area (TPSA) is 55.0 Å². The van der Waals surface area contributed by atoms with Gasteiger partial charge in [0.25, 0.3) is 0 Å². The van der Waals surface area contributed by atoms with Crippen molar-refractivity contribution in [1.82, 2.24) is 14.5 Å². The Morgan fingerprint density at radius 1 is 1.44 bits per heavy atom. The van der Waals surface area contributed by atoms with Gasteiger partial charge in [0.15, 0.2) is 0 Å². The molecule has 2 rings (SSSR count). The molecule has 1 fully saturated rings. The van der Waals surface area contributed by atoms with E-state index in [-0.39, 0.29) is 0 Å². The van der Waals surface area contributed by atoms with E-state index < -0.39 is 0 Å². The fourth-order valence-electron chi connectivity index (χ4n) is 2.33. The summed E-state index contributed by atoms with van der Waals surface area (Å²) < 4.78 is 3.88. The molecule has 0 aliphatic carbocycles. The van der Waals surface area contributed by atoms with Gasteiger partial charge in [0.2, 0.25) is 0 Å². The van der Waals surface area contributed by atoms with Crippen LogP contribution in [0, 0.1) is 5.92 Å². The standard InChI is InChI=1S/C11H20N4S/c1-2-9-4-3-6-15(7-5-9)8-10-11(12)16-14-13-10/h9H,2-8,12H2,1H3. The van der Waals surface area contributed by atoms with E-state index in [1.54, 1.807) is 0 Å². The molecule has 90 valence electrons. The van der Waals surface area contributed by atoms with Crippen LogP contribution in [0.5, 0.6) is 0 Å². The predicted molar refractivity (Wildman–Crippen MR) is 67.2 cm³/mol. The fraction of sp³-hybridized carbons (Fsp3) is 0.818. The Kier molecular flexibility index (Phi) is 4.12. The number of nitrogen functional groups attached to an aromatic ring is 1. The number of anilines is 1. The van der Waals surface area contributed by atoms with Gasteiger partial charge in [-0.05, 0) is 38.3 Å². The highest BCUT2D eigenvalue weighted by Gasteiger charge is 2.17. The molecule has 0 spiro atoms. The number of hydrogen-bond donors (Lipinski definition) is 1. The van der Waals surface area contributed by atoms with Gasteiger partial charge in [-0.15, -0.1) is 5.10 Å². The van der Waals surface area contributed by atoms with Crippen LogP contribution in [0.15, 0.2) is 0 Å². The van der Waals surface area contributed by atoms with Crippen molar-refractivity contribution in [3.05, 3.63) is 5.69 Å². The van der Waals surface area contributed by atoms with E-state index in [2.05, 4.69) is 21.4 Å². The SMILES string of the molecule is CCC1CCCN(Cc2nnsc2N)CC1. The Bertz CT molecular complexity index is 326. The number of nitrogens with two attached hydrogens (primary N) is 1. The Morgan fingerprint density at radius 2 is 2.31 bits per heavy atom. The molecule has 0 radical (unpaired) electrons. The third kappa shape index (κ3) is 2.92. The number of likely N-dealkylation sites (tertiary alicyclic amines) is 1. The molecule has 0 aromatic carbocycles. The van der Waals surface area contributed by atoms with Gasteiger partial charge in [-0.25, -0.2) is 0 Å². The summed E-state index contributed by atoms with van der Waals surface area (Å²) in [4.78, 5) is 2.46. The molecule has 0 bridgehead atoms. The lowest BCUT2D eigenvalue weighted by Crippen LogP contribution is -2.24. The quantitative estimate of drug-likeness (QED) is 0.879. The molecule has 0 amide bonds. The molecule has 1 aromatic rings. The van der Waals surface area contributed by atoms with Crippen LogP contribution in [0.1, 0.15) is 38.3 Å². The highest BCUT2D eigenvalue weighted by molar-refractivity contribution is 7.09. The predicted octanol–water partition coefficient (Wildman–Crippen LogP) is 2.13. The molecule has 1 aliphatic rings. The minimum absolute atomic E-state index is 0.774. The summed E-state index contributed by atoms with van der Waals surface area (Å²) >= 11 is 1.29. The largest absolute Gasteiger partial charge is 0.388 e. The maximum atomic E-state index is 5.82. The number of nitrogens with zero attached hydrogens (tertiary/aromatic N) is 3. The van der Waals surface area contributed by atoms with Crippen molar-refractivity contribution in [1.29, 1.82) is 0 Å². The van der Waals surface area contributed by atoms with Crippen molar-refractivity contribution in [3.8, 4) is 0 Å². The van der Waals surface area contributed by atoms with Gasteiger partial charge in [-0.2, -0.15) is 0 Å². The second-order valence-corrected chi connectivity index (χ2v) is 5.35. The zero-order valence-corrected chi connectivity index (χ0v) is 10.7. The van der Waals surface area contributed by atoms with Gasteiger partial charge in [0.05, 0.1) is 0 Å². The summed E-state index contributed by atoms with van der Waals surface area (Å²) in [5.41, 5.74) is 6.78. The second-order valence-electron chi connectivity index (χ2n) is 4.57. The molecule has 2 heterocycles. The first-order valence-corrected chi connectivity index (χ1v) is 6.86. The summed E-state index contributed by atoms with van der Waals surface area (Å²) in [6, 6.07) is 0. The number of hydrogen-bond acceptors (Lipinski definition) is 5. The van der Waals surface area contributed by atoms with Crippen molar-refractivity contribution in [2.24, 2.45) is 5.92 Å². The molecule has 1 atom stereocenters. The Hall–Kier alpha value is -0.680. The van der Waals surface area contributed by atoms with Gasteiger partial charge >= 0.3 is 0 Å². The maximum Gasteiger partial charge on any atom is 0.132 e. The minimum atomic E-state index is 0.774. The van der Waals surface area contributed by atoms with E-state index in [0.717, 1.165) is 23.2 Å². The van der Waals surface area contributed by atoms with E-state index in [0.29, 0.717) is 0 Å². The molecule has 1 saturated heterocycles. The maximum absolute atomic E-state index is 5.82. The molecule has 4 nitrogen and oxygen atoms in total. The van der Waals surface area contributed by atoms with E-state index in [1.165, 1.54) is 50.3 Å². The van der Waals surface area contributed by atoms with Crippen molar-refractivity contribution < 1.29 is 0 Å². The lowest BCUT2D eigenvalue weighted by atomic mass is 9.98. The first kappa shape index (κ1) is 11.8. The van der Waals surface area contributed by atoms with Crippen molar-refractivity contribution in [3.63, 3.8) is 0 Å². The monoisotopic (exact) mass is 240 g/mol. The van der Waals surface area contributed by atoms with E-state index in [9.17, 15) is 0 Å². The van der Waals surface area contributed by atoms with Gasteiger partial charge in [-0.3, -0.25) is 4.90 Å².